The second kappa shape index (κ2) is 10.4. The van der Waals surface area contributed by atoms with E-state index in [0.29, 0.717) is 12.8 Å². The third-order valence-electron chi connectivity index (χ3n) is 5.54. The Labute approximate surface area is 195 Å². The maximum Gasteiger partial charge on any atom is 0.238 e. The van der Waals surface area contributed by atoms with Gasteiger partial charge in [-0.25, -0.2) is 16.8 Å². The van der Waals surface area contributed by atoms with Crippen molar-refractivity contribution in [2.24, 2.45) is 0 Å². The van der Waals surface area contributed by atoms with Crippen LogP contribution >= 0.6 is 0 Å². The first kappa shape index (κ1) is 27.1. The van der Waals surface area contributed by atoms with E-state index in [1.165, 1.54) is 48.5 Å². The van der Waals surface area contributed by atoms with E-state index in [-0.39, 0.29) is 17.8 Å². The van der Waals surface area contributed by atoms with Crippen LogP contribution in [0.5, 0.6) is 0 Å². The van der Waals surface area contributed by atoms with Crippen LogP contribution in [-0.4, -0.2) is 56.4 Å². The first-order chi connectivity index (χ1) is 15.4. The summed E-state index contributed by atoms with van der Waals surface area (Å²) in [4.78, 5) is 4.58. The molecule has 2 atom stereocenters. The lowest BCUT2D eigenvalue weighted by atomic mass is 10.1. The number of hydrogen-bond acceptors (Lipinski definition) is 8. The maximum atomic E-state index is 13.9. The van der Waals surface area contributed by atoms with Gasteiger partial charge in [0.15, 0.2) is 0 Å². The molecule has 0 bridgehead atoms. The van der Waals surface area contributed by atoms with Crippen LogP contribution in [0.2, 0.25) is 0 Å². The minimum absolute atomic E-state index is 0.170. The highest BCUT2D eigenvalue weighted by molar-refractivity contribution is 7.97. The number of aldehydes is 1. The molecule has 0 aliphatic carbocycles. The molecule has 0 spiro atoms. The first-order valence-electron chi connectivity index (χ1n) is 10.5. The molecule has 2 N–H and O–H groups in total. The van der Waals surface area contributed by atoms with Gasteiger partial charge in [-0.05, 0) is 44.5 Å². The topological polar surface area (TPSA) is 135 Å². The van der Waals surface area contributed by atoms with E-state index >= 15 is 0 Å². The van der Waals surface area contributed by atoms with Crippen LogP contribution in [0.3, 0.4) is 0 Å². The van der Waals surface area contributed by atoms with Crippen LogP contribution in [-0.2, 0) is 29.2 Å². The standard InChI is InChI=1S/C23H30O8S2/c1-4-5-16-31-23(14-15-24,33(29,30)21-12-8-19(3)9-13-21)22(26,17-25)32(27,28)20-10-6-18(2)7-11-20/h6-13,15,25-26H,4-5,14,16-17H2,1-3H3/t22-,23+/m0/s1. The largest absolute Gasteiger partial charge is 0.392 e. The van der Waals surface area contributed by atoms with Crippen molar-refractivity contribution in [2.75, 3.05) is 13.2 Å². The average molecular weight is 499 g/mol. The monoisotopic (exact) mass is 498 g/mol. The third kappa shape index (κ3) is 4.76. The van der Waals surface area contributed by atoms with E-state index in [4.69, 9.17) is 4.74 Å². The fraction of sp³-hybridized carbons (Fsp3) is 0.435. The van der Waals surface area contributed by atoms with Crippen LogP contribution in [0.4, 0.5) is 0 Å². The number of aliphatic hydroxyl groups is 2. The van der Waals surface area contributed by atoms with E-state index in [9.17, 15) is 31.8 Å². The molecule has 0 amide bonds. The molecule has 0 radical (unpaired) electrons. The lowest BCUT2D eigenvalue weighted by molar-refractivity contribution is -0.129. The van der Waals surface area contributed by atoms with Crippen molar-refractivity contribution in [1.29, 1.82) is 0 Å². The van der Waals surface area contributed by atoms with Crippen molar-refractivity contribution in [1.82, 2.24) is 0 Å². The van der Waals surface area contributed by atoms with Crippen molar-refractivity contribution in [3.63, 3.8) is 0 Å². The SMILES string of the molecule is CCCCO[C@@](CC=O)([C@](O)(CO)S(=O)(=O)c1ccc(C)cc1)S(=O)(=O)c1ccc(C)cc1. The smallest absolute Gasteiger partial charge is 0.238 e. The number of sulfone groups is 2. The molecule has 2 aromatic carbocycles. The predicted octanol–water partition coefficient (Wildman–Crippen LogP) is 2.33. The summed E-state index contributed by atoms with van der Waals surface area (Å²) in [5.74, 6) is 0. The molecule has 0 saturated heterocycles. The number of carbonyl (C=O) groups excluding carboxylic acids is 1. The second-order valence-electron chi connectivity index (χ2n) is 7.90. The average Bonchev–Trinajstić information content (AvgIpc) is 2.78. The molecule has 8 nitrogen and oxygen atoms in total. The van der Waals surface area contributed by atoms with E-state index in [1.807, 2.05) is 0 Å². The van der Waals surface area contributed by atoms with Crippen LogP contribution in [0, 0.1) is 13.8 Å². The highest BCUT2D eigenvalue weighted by atomic mass is 32.2. The third-order valence-corrected chi connectivity index (χ3v) is 10.3. The minimum atomic E-state index is -4.94. The Kier molecular flexibility index (Phi) is 8.58. The summed E-state index contributed by atoms with van der Waals surface area (Å²) in [5, 5.41) is 21.8. The van der Waals surface area contributed by atoms with Crippen LogP contribution in [0.1, 0.15) is 37.3 Å². The van der Waals surface area contributed by atoms with Gasteiger partial charge in [0.25, 0.3) is 0 Å². The number of ether oxygens (including phenoxy) is 1. The number of aryl methyl sites for hydroxylation is 2. The zero-order valence-corrected chi connectivity index (χ0v) is 20.5. The maximum absolute atomic E-state index is 13.9. The van der Waals surface area contributed by atoms with Crippen LogP contribution in [0.25, 0.3) is 0 Å². The number of unbranched alkanes of at least 4 members (excludes halogenated alkanes) is 1. The van der Waals surface area contributed by atoms with Gasteiger partial charge in [-0.3, -0.25) is 0 Å². The molecule has 0 aliphatic heterocycles. The van der Waals surface area contributed by atoms with Gasteiger partial charge < -0.3 is 19.7 Å². The molecule has 0 fully saturated rings. The fourth-order valence-electron chi connectivity index (χ4n) is 3.45. The fourth-order valence-corrected chi connectivity index (χ4v) is 7.60. The quantitative estimate of drug-likeness (QED) is 0.336. The summed E-state index contributed by atoms with van der Waals surface area (Å²) in [6.07, 6.45) is 0.0537. The summed E-state index contributed by atoms with van der Waals surface area (Å²) in [6, 6.07) is 10.8. The van der Waals surface area contributed by atoms with Crippen molar-refractivity contribution in [3.8, 4) is 0 Å². The van der Waals surface area contributed by atoms with Gasteiger partial charge in [0.05, 0.1) is 22.8 Å². The molecular weight excluding hydrogens is 468 g/mol. The zero-order chi connectivity index (χ0) is 24.9. The van der Waals surface area contributed by atoms with E-state index in [2.05, 4.69) is 0 Å². The highest BCUT2D eigenvalue weighted by Gasteiger charge is 2.67. The summed E-state index contributed by atoms with van der Waals surface area (Å²) in [5.41, 5.74) is 1.47. The first-order valence-corrected chi connectivity index (χ1v) is 13.4. The Hall–Kier alpha value is -2.11. The Balaban J connectivity index is 2.89. The summed E-state index contributed by atoms with van der Waals surface area (Å²) < 4.78 is 60.6. The summed E-state index contributed by atoms with van der Waals surface area (Å²) in [7, 11) is -9.78. The van der Waals surface area contributed by atoms with Gasteiger partial charge in [-0.2, -0.15) is 0 Å². The predicted molar refractivity (Wildman–Crippen MR) is 123 cm³/mol. The minimum Gasteiger partial charge on any atom is -0.392 e. The molecule has 0 saturated carbocycles. The number of carbonyl (C=O) groups is 1. The number of benzene rings is 2. The van der Waals surface area contributed by atoms with Gasteiger partial charge >= 0.3 is 0 Å². The normalized spacial score (nSPS) is 16.0. The van der Waals surface area contributed by atoms with Crippen LogP contribution < -0.4 is 0 Å². The van der Waals surface area contributed by atoms with E-state index in [1.54, 1.807) is 20.8 Å². The van der Waals surface area contributed by atoms with Crippen LogP contribution in [0.15, 0.2) is 58.3 Å². The van der Waals surface area contributed by atoms with Crippen molar-refractivity contribution in [3.05, 3.63) is 59.7 Å². The molecule has 0 aliphatic rings. The second-order valence-corrected chi connectivity index (χ2v) is 12.2. The molecule has 2 aromatic rings. The Morgan fingerprint density at radius 1 is 0.879 bits per heavy atom. The Morgan fingerprint density at radius 3 is 1.73 bits per heavy atom. The molecule has 0 heterocycles. The lowest BCUT2D eigenvalue weighted by Crippen LogP contribution is -2.66. The Bertz CT molecular complexity index is 1160. The summed E-state index contributed by atoms with van der Waals surface area (Å²) >= 11 is 0. The Morgan fingerprint density at radius 2 is 1.33 bits per heavy atom. The highest BCUT2D eigenvalue weighted by Crippen LogP contribution is 2.44. The lowest BCUT2D eigenvalue weighted by Gasteiger charge is -2.43. The number of rotatable bonds is 12. The van der Waals surface area contributed by atoms with Crippen molar-refractivity contribution in [2.45, 2.75) is 59.7 Å². The van der Waals surface area contributed by atoms with Crippen molar-refractivity contribution >= 4 is 26.0 Å². The molecule has 0 aromatic heterocycles. The van der Waals surface area contributed by atoms with Gasteiger partial charge in [-0.15, -0.1) is 0 Å². The molecule has 2 rings (SSSR count). The summed E-state index contributed by atoms with van der Waals surface area (Å²) in [6.45, 7) is 3.48. The molecule has 33 heavy (non-hydrogen) atoms. The van der Waals surface area contributed by atoms with Gasteiger partial charge in [0.1, 0.15) is 6.29 Å². The van der Waals surface area contributed by atoms with Crippen molar-refractivity contribution < 1.29 is 36.6 Å². The van der Waals surface area contributed by atoms with Gasteiger partial charge in [0.2, 0.25) is 29.5 Å². The van der Waals surface area contributed by atoms with E-state index in [0.717, 1.165) is 11.1 Å². The number of hydrogen-bond donors (Lipinski definition) is 2. The molecule has 10 heteroatoms. The molecular formula is C23H30O8S2. The van der Waals surface area contributed by atoms with Gasteiger partial charge in [-0.1, -0.05) is 48.7 Å². The number of aliphatic hydroxyl groups excluding tert-OH is 1. The van der Waals surface area contributed by atoms with E-state index < -0.39 is 47.5 Å². The molecule has 182 valence electrons. The molecule has 0 unspecified atom stereocenters. The van der Waals surface area contributed by atoms with Gasteiger partial charge in [0, 0.05) is 6.61 Å². The zero-order valence-electron chi connectivity index (χ0n) is 18.9.